The molecular formula is C18H20ClNO3. The molecule has 0 aromatic heterocycles. The van der Waals surface area contributed by atoms with Crippen molar-refractivity contribution in [3.63, 3.8) is 0 Å². The highest BCUT2D eigenvalue weighted by Gasteiger charge is 2.14. The molecule has 4 nitrogen and oxygen atoms in total. The van der Waals surface area contributed by atoms with Gasteiger partial charge in [0.05, 0.1) is 19.8 Å². The second-order valence-corrected chi connectivity index (χ2v) is 5.49. The first-order chi connectivity index (χ1) is 11.0. The molecule has 0 radical (unpaired) electrons. The third-order valence-electron chi connectivity index (χ3n) is 3.42. The highest BCUT2D eigenvalue weighted by atomic mass is 35.5. The predicted molar refractivity (Wildman–Crippen MR) is 91.5 cm³/mol. The minimum atomic E-state index is -0.180. The molecular weight excluding hydrogens is 314 g/mol. The van der Waals surface area contributed by atoms with Crippen molar-refractivity contribution in [2.45, 2.75) is 19.9 Å². The van der Waals surface area contributed by atoms with Crippen LogP contribution in [0.3, 0.4) is 0 Å². The standard InChI is InChI=1S/C18H20ClNO3/c1-4-23-17-11-14(8-9-16(17)22-3)18(21)20-12(2)13-6-5-7-15(19)10-13/h5-12H,4H2,1-3H3,(H,20,21). The molecule has 1 atom stereocenters. The van der Waals surface area contributed by atoms with E-state index >= 15 is 0 Å². The summed E-state index contributed by atoms with van der Waals surface area (Å²) < 4.78 is 10.7. The number of methoxy groups -OCH3 is 1. The lowest BCUT2D eigenvalue weighted by Gasteiger charge is -2.16. The third-order valence-corrected chi connectivity index (χ3v) is 3.66. The van der Waals surface area contributed by atoms with Gasteiger partial charge < -0.3 is 14.8 Å². The van der Waals surface area contributed by atoms with Crippen LogP contribution in [-0.4, -0.2) is 19.6 Å². The molecule has 0 spiro atoms. The van der Waals surface area contributed by atoms with Crippen molar-refractivity contribution in [2.75, 3.05) is 13.7 Å². The first-order valence-corrected chi connectivity index (χ1v) is 7.80. The summed E-state index contributed by atoms with van der Waals surface area (Å²) >= 11 is 5.99. The molecule has 1 unspecified atom stereocenters. The molecule has 0 saturated carbocycles. The van der Waals surface area contributed by atoms with E-state index in [1.165, 1.54) is 0 Å². The Labute approximate surface area is 141 Å². The number of hydrogen-bond acceptors (Lipinski definition) is 3. The van der Waals surface area contributed by atoms with E-state index in [-0.39, 0.29) is 11.9 Å². The van der Waals surface area contributed by atoms with Gasteiger partial charge in [-0.2, -0.15) is 0 Å². The second kappa shape index (κ2) is 7.88. The van der Waals surface area contributed by atoms with Crippen molar-refractivity contribution >= 4 is 17.5 Å². The molecule has 1 amide bonds. The molecule has 0 bridgehead atoms. The van der Waals surface area contributed by atoms with E-state index in [1.807, 2.05) is 32.0 Å². The first-order valence-electron chi connectivity index (χ1n) is 7.42. The highest BCUT2D eigenvalue weighted by molar-refractivity contribution is 6.30. The molecule has 23 heavy (non-hydrogen) atoms. The Morgan fingerprint density at radius 1 is 1.22 bits per heavy atom. The van der Waals surface area contributed by atoms with Crippen molar-refractivity contribution in [1.82, 2.24) is 5.32 Å². The van der Waals surface area contributed by atoms with Gasteiger partial charge in [0, 0.05) is 10.6 Å². The minimum Gasteiger partial charge on any atom is -0.493 e. The van der Waals surface area contributed by atoms with Gasteiger partial charge in [0.15, 0.2) is 11.5 Å². The SMILES string of the molecule is CCOc1cc(C(=O)NC(C)c2cccc(Cl)c2)ccc1OC. The second-order valence-electron chi connectivity index (χ2n) is 5.05. The molecule has 0 saturated heterocycles. The molecule has 0 aliphatic carbocycles. The van der Waals surface area contributed by atoms with E-state index in [0.29, 0.717) is 28.7 Å². The molecule has 2 rings (SSSR count). The average Bonchev–Trinajstić information content (AvgIpc) is 2.55. The smallest absolute Gasteiger partial charge is 0.251 e. The number of hydrogen-bond donors (Lipinski definition) is 1. The summed E-state index contributed by atoms with van der Waals surface area (Å²) in [5, 5.41) is 3.60. The molecule has 0 aliphatic heterocycles. The molecule has 122 valence electrons. The Balaban J connectivity index is 2.15. The van der Waals surface area contributed by atoms with Crippen molar-refractivity contribution in [2.24, 2.45) is 0 Å². The van der Waals surface area contributed by atoms with Crippen LogP contribution in [0.1, 0.15) is 35.8 Å². The Kier molecular flexibility index (Phi) is 5.88. The van der Waals surface area contributed by atoms with Gasteiger partial charge in [0.2, 0.25) is 0 Å². The quantitative estimate of drug-likeness (QED) is 0.860. The highest BCUT2D eigenvalue weighted by Crippen LogP contribution is 2.28. The van der Waals surface area contributed by atoms with Crippen LogP contribution < -0.4 is 14.8 Å². The van der Waals surface area contributed by atoms with E-state index in [9.17, 15) is 4.79 Å². The van der Waals surface area contributed by atoms with E-state index in [0.717, 1.165) is 5.56 Å². The zero-order chi connectivity index (χ0) is 16.8. The normalized spacial score (nSPS) is 11.7. The maximum atomic E-state index is 12.4. The molecule has 1 N–H and O–H groups in total. The van der Waals surface area contributed by atoms with E-state index in [4.69, 9.17) is 21.1 Å². The fraction of sp³-hybridized carbons (Fsp3) is 0.278. The van der Waals surface area contributed by atoms with Gasteiger partial charge in [0.1, 0.15) is 0 Å². The van der Waals surface area contributed by atoms with Gasteiger partial charge in [-0.15, -0.1) is 0 Å². The van der Waals surface area contributed by atoms with Crippen LogP contribution in [0.4, 0.5) is 0 Å². The number of ether oxygens (including phenoxy) is 2. The predicted octanol–water partition coefficient (Wildman–Crippen LogP) is 4.24. The number of amides is 1. The van der Waals surface area contributed by atoms with Crippen LogP contribution >= 0.6 is 11.6 Å². The average molecular weight is 334 g/mol. The molecule has 2 aromatic carbocycles. The largest absolute Gasteiger partial charge is 0.493 e. The number of nitrogens with one attached hydrogen (secondary N) is 1. The van der Waals surface area contributed by atoms with Crippen molar-refractivity contribution in [3.8, 4) is 11.5 Å². The van der Waals surface area contributed by atoms with E-state index in [1.54, 1.807) is 31.4 Å². The van der Waals surface area contributed by atoms with Gasteiger partial charge in [-0.1, -0.05) is 23.7 Å². The fourth-order valence-corrected chi connectivity index (χ4v) is 2.42. The van der Waals surface area contributed by atoms with E-state index in [2.05, 4.69) is 5.32 Å². The van der Waals surface area contributed by atoms with Gasteiger partial charge in [-0.25, -0.2) is 0 Å². The Bertz CT molecular complexity index is 688. The zero-order valence-corrected chi connectivity index (χ0v) is 14.2. The van der Waals surface area contributed by atoms with Gasteiger partial charge >= 0.3 is 0 Å². The van der Waals surface area contributed by atoms with Crippen LogP contribution in [0.2, 0.25) is 5.02 Å². The number of halogens is 1. The third kappa shape index (κ3) is 4.39. The number of benzene rings is 2. The number of carbonyl (C=O) groups excluding carboxylic acids is 1. The number of carbonyl (C=O) groups is 1. The lowest BCUT2D eigenvalue weighted by Crippen LogP contribution is -2.26. The lowest BCUT2D eigenvalue weighted by atomic mass is 10.1. The van der Waals surface area contributed by atoms with Crippen molar-refractivity contribution in [3.05, 3.63) is 58.6 Å². The summed E-state index contributed by atoms with van der Waals surface area (Å²) in [5.41, 5.74) is 1.47. The summed E-state index contributed by atoms with van der Waals surface area (Å²) in [5.74, 6) is 0.977. The first kappa shape index (κ1) is 17.2. The van der Waals surface area contributed by atoms with Crippen LogP contribution in [0.15, 0.2) is 42.5 Å². The molecule has 2 aromatic rings. The van der Waals surface area contributed by atoms with Crippen molar-refractivity contribution < 1.29 is 14.3 Å². The topological polar surface area (TPSA) is 47.6 Å². The van der Waals surface area contributed by atoms with Crippen LogP contribution in [0.25, 0.3) is 0 Å². The number of rotatable bonds is 6. The summed E-state index contributed by atoms with van der Waals surface area (Å²) in [6.45, 7) is 4.30. The Morgan fingerprint density at radius 2 is 2.00 bits per heavy atom. The lowest BCUT2D eigenvalue weighted by molar-refractivity contribution is 0.0939. The zero-order valence-electron chi connectivity index (χ0n) is 13.4. The van der Waals surface area contributed by atoms with Crippen LogP contribution in [0, 0.1) is 0 Å². The molecule has 5 heteroatoms. The minimum absolute atomic E-state index is 0.154. The van der Waals surface area contributed by atoms with Gasteiger partial charge in [-0.3, -0.25) is 4.79 Å². The summed E-state index contributed by atoms with van der Waals surface area (Å²) in [4.78, 5) is 12.4. The molecule has 0 fully saturated rings. The Hall–Kier alpha value is -2.20. The Morgan fingerprint density at radius 3 is 2.65 bits per heavy atom. The van der Waals surface area contributed by atoms with Crippen LogP contribution in [-0.2, 0) is 0 Å². The monoisotopic (exact) mass is 333 g/mol. The van der Waals surface area contributed by atoms with Crippen LogP contribution in [0.5, 0.6) is 11.5 Å². The van der Waals surface area contributed by atoms with E-state index < -0.39 is 0 Å². The summed E-state index contributed by atoms with van der Waals surface area (Å²) in [7, 11) is 1.57. The summed E-state index contributed by atoms with van der Waals surface area (Å²) in [6.07, 6.45) is 0. The molecule has 0 heterocycles. The maximum Gasteiger partial charge on any atom is 0.251 e. The maximum absolute atomic E-state index is 12.4. The van der Waals surface area contributed by atoms with Crippen molar-refractivity contribution in [1.29, 1.82) is 0 Å². The van der Waals surface area contributed by atoms with Gasteiger partial charge in [0.25, 0.3) is 5.91 Å². The van der Waals surface area contributed by atoms with Gasteiger partial charge in [-0.05, 0) is 49.7 Å². The summed E-state index contributed by atoms with van der Waals surface area (Å²) in [6, 6.07) is 12.4. The fourth-order valence-electron chi connectivity index (χ4n) is 2.23. The molecule has 0 aliphatic rings.